The molecule has 0 aliphatic carbocycles. The topological polar surface area (TPSA) is 64.1 Å². The van der Waals surface area contributed by atoms with E-state index < -0.39 is 0 Å². The molecule has 0 saturated carbocycles. The molecule has 1 unspecified atom stereocenters. The Morgan fingerprint density at radius 1 is 1.16 bits per heavy atom. The molecule has 1 aliphatic rings. The van der Waals surface area contributed by atoms with Crippen molar-refractivity contribution in [2.24, 2.45) is 0 Å². The molecule has 0 bridgehead atoms. The van der Waals surface area contributed by atoms with Crippen molar-refractivity contribution in [3.63, 3.8) is 0 Å². The summed E-state index contributed by atoms with van der Waals surface area (Å²) in [6.45, 7) is 0. The number of anilines is 1. The number of carbonyl (C=O) groups excluding carboxylic acids is 1. The standard InChI is InChI=1S/C19H17N3O2S/c23-19(22-16-5-1-3-13-4-2-9-20-18(13)16)14-6-7-17(21-11-14)24-15-8-10-25-12-15/h1-7,9,11,15H,8,10,12H2,(H,22,23). The molecule has 1 aliphatic heterocycles. The number of carbonyl (C=O) groups is 1. The number of hydrogen-bond acceptors (Lipinski definition) is 5. The first-order valence-electron chi connectivity index (χ1n) is 8.15. The maximum Gasteiger partial charge on any atom is 0.257 e. The summed E-state index contributed by atoms with van der Waals surface area (Å²) in [5.74, 6) is 2.48. The lowest BCUT2D eigenvalue weighted by Gasteiger charge is -2.12. The fourth-order valence-electron chi connectivity index (χ4n) is 2.76. The van der Waals surface area contributed by atoms with Gasteiger partial charge in [-0.15, -0.1) is 0 Å². The lowest BCUT2D eigenvalue weighted by Crippen LogP contribution is -2.16. The number of hydrogen-bond donors (Lipinski definition) is 1. The Morgan fingerprint density at radius 3 is 2.88 bits per heavy atom. The van der Waals surface area contributed by atoms with Gasteiger partial charge in [0.1, 0.15) is 6.10 Å². The maximum atomic E-state index is 12.5. The van der Waals surface area contributed by atoms with Crippen LogP contribution in [-0.4, -0.2) is 33.5 Å². The van der Waals surface area contributed by atoms with Gasteiger partial charge in [-0.05, 0) is 30.4 Å². The fourth-order valence-corrected chi connectivity index (χ4v) is 3.85. The predicted octanol–water partition coefficient (Wildman–Crippen LogP) is 3.77. The van der Waals surface area contributed by atoms with E-state index in [0.717, 1.165) is 28.8 Å². The van der Waals surface area contributed by atoms with Crippen LogP contribution in [0.15, 0.2) is 54.9 Å². The minimum Gasteiger partial charge on any atom is -0.473 e. The van der Waals surface area contributed by atoms with Crippen molar-refractivity contribution >= 4 is 34.3 Å². The van der Waals surface area contributed by atoms with Gasteiger partial charge < -0.3 is 10.1 Å². The Morgan fingerprint density at radius 2 is 2.08 bits per heavy atom. The highest BCUT2D eigenvalue weighted by Crippen LogP contribution is 2.23. The summed E-state index contributed by atoms with van der Waals surface area (Å²) in [6, 6.07) is 13.0. The normalized spacial score (nSPS) is 16.7. The second-order valence-electron chi connectivity index (χ2n) is 5.82. The molecule has 0 spiro atoms. The van der Waals surface area contributed by atoms with Gasteiger partial charge in [0.15, 0.2) is 0 Å². The molecule has 5 nitrogen and oxygen atoms in total. The van der Waals surface area contributed by atoms with Crippen molar-refractivity contribution in [2.45, 2.75) is 12.5 Å². The van der Waals surface area contributed by atoms with Gasteiger partial charge in [-0.2, -0.15) is 11.8 Å². The van der Waals surface area contributed by atoms with Crippen molar-refractivity contribution in [3.05, 3.63) is 60.4 Å². The summed E-state index contributed by atoms with van der Waals surface area (Å²) >= 11 is 1.89. The van der Waals surface area contributed by atoms with E-state index in [0.29, 0.717) is 17.1 Å². The van der Waals surface area contributed by atoms with Crippen LogP contribution in [0.3, 0.4) is 0 Å². The minimum atomic E-state index is -0.214. The Kier molecular flexibility index (Phi) is 4.52. The van der Waals surface area contributed by atoms with E-state index in [2.05, 4.69) is 15.3 Å². The number of ether oxygens (including phenoxy) is 1. The van der Waals surface area contributed by atoms with Gasteiger partial charge in [0.2, 0.25) is 5.88 Å². The number of amides is 1. The van der Waals surface area contributed by atoms with E-state index >= 15 is 0 Å². The zero-order chi connectivity index (χ0) is 17.1. The molecule has 2 aromatic heterocycles. The smallest absolute Gasteiger partial charge is 0.257 e. The summed E-state index contributed by atoms with van der Waals surface area (Å²) in [5.41, 5.74) is 1.94. The minimum absolute atomic E-state index is 0.214. The molecule has 1 amide bonds. The first kappa shape index (κ1) is 15.9. The average Bonchev–Trinajstić information content (AvgIpc) is 3.16. The largest absolute Gasteiger partial charge is 0.473 e. The molecule has 3 heterocycles. The lowest BCUT2D eigenvalue weighted by atomic mass is 10.2. The summed E-state index contributed by atoms with van der Waals surface area (Å²) < 4.78 is 5.81. The van der Waals surface area contributed by atoms with Crippen LogP contribution in [0.4, 0.5) is 5.69 Å². The van der Waals surface area contributed by atoms with Crippen molar-refractivity contribution in [1.29, 1.82) is 0 Å². The Bertz CT molecular complexity index is 887. The Hall–Kier alpha value is -2.60. The third-order valence-corrected chi connectivity index (χ3v) is 5.19. The van der Waals surface area contributed by atoms with E-state index in [4.69, 9.17) is 4.74 Å². The van der Waals surface area contributed by atoms with Crippen LogP contribution >= 0.6 is 11.8 Å². The molecule has 6 heteroatoms. The average molecular weight is 351 g/mol. The van der Waals surface area contributed by atoms with E-state index in [1.54, 1.807) is 24.5 Å². The van der Waals surface area contributed by atoms with Gasteiger partial charge in [0.25, 0.3) is 5.91 Å². The number of fused-ring (bicyclic) bond motifs is 1. The van der Waals surface area contributed by atoms with Gasteiger partial charge in [0, 0.05) is 29.6 Å². The molecule has 1 N–H and O–H groups in total. The first-order chi connectivity index (χ1) is 12.3. The number of pyridine rings is 2. The maximum absolute atomic E-state index is 12.5. The zero-order valence-corrected chi connectivity index (χ0v) is 14.3. The van der Waals surface area contributed by atoms with Gasteiger partial charge in [-0.1, -0.05) is 18.2 Å². The molecule has 25 heavy (non-hydrogen) atoms. The monoisotopic (exact) mass is 351 g/mol. The quantitative estimate of drug-likeness (QED) is 0.775. The van der Waals surface area contributed by atoms with E-state index in [1.807, 2.05) is 42.1 Å². The fraction of sp³-hybridized carbons (Fsp3) is 0.211. The van der Waals surface area contributed by atoms with Gasteiger partial charge in [-0.3, -0.25) is 9.78 Å². The van der Waals surface area contributed by atoms with Gasteiger partial charge in [-0.25, -0.2) is 4.98 Å². The molecular weight excluding hydrogens is 334 g/mol. The van der Waals surface area contributed by atoms with Gasteiger partial charge >= 0.3 is 0 Å². The highest BCUT2D eigenvalue weighted by Gasteiger charge is 2.17. The van der Waals surface area contributed by atoms with Crippen LogP contribution < -0.4 is 10.1 Å². The van der Waals surface area contributed by atoms with Crippen molar-refractivity contribution in [1.82, 2.24) is 9.97 Å². The first-order valence-corrected chi connectivity index (χ1v) is 9.30. The Balaban J connectivity index is 1.48. The highest BCUT2D eigenvalue weighted by molar-refractivity contribution is 7.99. The molecule has 1 saturated heterocycles. The summed E-state index contributed by atoms with van der Waals surface area (Å²) in [5, 5.41) is 3.89. The second kappa shape index (κ2) is 7.11. The van der Waals surface area contributed by atoms with Crippen molar-refractivity contribution in [3.8, 4) is 5.88 Å². The summed E-state index contributed by atoms with van der Waals surface area (Å²) in [4.78, 5) is 21.1. The molecular formula is C19H17N3O2S. The molecule has 126 valence electrons. The number of nitrogens with one attached hydrogen (secondary N) is 1. The Labute approximate surface area is 149 Å². The molecule has 1 atom stereocenters. The SMILES string of the molecule is O=C(Nc1cccc2cccnc12)c1ccc(OC2CCSC2)nc1. The van der Waals surface area contributed by atoms with Crippen LogP contribution in [0.1, 0.15) is 16.8 Å². The van der Waals surface area contributed by atoms with Crippen LogP contribution in [0.25, 0.3) is 10.9 Å². The number of nitrogens with zero attached hydrogens (tertiary/aromatic N) is 2. The summed E-state index contributed by atoms with van der Waals surface area (Å²) in [6.07, 6.45) is 4.53. The third kappa shape index (κ3) is 3.58. The van der Waals surface area contributed by atoms with Crippen molar-refractivity contribution in [2.75, 3.05) is 16.8 Å². The predicted molar refractivity (Wildman–Crippen MR) is 100 cm³/mol. The number of rotatable bonds is 4. The molecule has 4 rings (SSSR count). The molecule has 3 aromatic rings. The molecule has 1 aromatic carbocycles. The van der Waals surface area contributed by atoms with Gasteiger partial charge in [0.05, 0.1) is 16.8 Å². The molecule has 1 fully saturated rings. The number of thioether (sulfide) groups is 1. The third-order valence-electron chi connectivity index (χ3n) is 4.05. The number of para-hydroxylation sites is 1. The van der Waals surface area contributed by atoms with E-state index in [-0.39, 0.29) is 12.0 Å². The van der Waals surface area contributed by atoms with Crippen LogP contribution in [0, 0.1) is 0 Å². The van der Waals surface area contributed by atoms with Crippen LogP contribution in [0.2, 0.25) is 0 Å². The zero-order valence-electron chi connectivity index (χ0n) is 13.5. The van der Waals surface area contributed by atoms with Crippen molar-refractivity contribution < 1.29 is 9.53 Å². The van der Waals surface area contributed by atoms with Crippen LogP contribution in [-0.2, 0) is 0 Å². The van der Waals surface area contributed by atoms with E-state index in [1.165, 1.54) is 0 Å². The molecule has 0 radical (unpaired) electrons. The number of aromatic nitrogens is 2. The second-order valence-corrected chi connectivity index (χ2v) is 6.97. The number of benzene rings is 1. The lowest BCUT2D eigenvalue weighted by molar-refractivity contribution is 0.102. The highest BCUT2D eigenvalue weighted by atomic mass is 32.2. The summed E-state index contributed by atoms with van der Waals surface area (Å²) in [7, 11) is 0. The van der Waals surface area contributed by atoms with E-state index in [9.17, 15) is 4.79 Å². The van der Waals surface area contributed by atoms with Crippen LogP contribution in [0.5, 0.6) is 5.88 Å².